The number of hydrogen-bond acceptors (Lipinski definition) is 7. The molecule has 0 spiro atoms. The van der Waals surface area contributed by atoms with Gasteiger partial charge in [0, 0.05) is 86.5 Å². The van der Waals surface area contributed by atoms with Crippen LogP contribution >= 0.6 is 0 Å². The van der Waals surface area contributed by atoms with Gasteiger partial charge in [-0.15, -0.1) is 0 Å². The zero-order chi connectivity index (χ0) is 39.9. The Labute approximate surface area is 331 Å². The van der Waals surface area contributed by atoms with E-state index < -0.39 is 23.6 Å². The summed E-state index contributed by atoms with van der Waals surface area (Å²) in [6, 6.07) is 21.0. The second-order valence-corrected chi connectivity index (χ2v) is 15.2. The predicted molar refractivity (Wildman–Crippen MR) is 213 cm³/mol. The number of anilines is 2. The summed E-state index contributed by atoms with van der Waals surface area (Å²) in [6.07, 6.45) is 4.09. The summed E-state index contributed by atoms with van der Waals surface area (Å²) in [6.45, 7) is 5.12. The van der Waals surface area contributed by atoms with E-state index in [2.05, 4.69) is 25.4 Å². The number of amides is 3. The molecule has 2 aliphatic heterocycles. The smallest absolute Gasteiger partial charge is 0.379 e. The quantitative estimate of drug-likeness (QED) is 0.162. The van der Waals surface area contributed by atoms with Crippen molar-refractivity contribution in [2.24, 2.45) is 5.92 Å². The molecule has 10 nitrogen and oxygen atoms in total. The second kappa shape index (κ2) is 17.9. The van der Waals surface area contributed by atoms with Crippen molar-refractivity contribution >= 4 is 29.1 Å². The highest BCUT2D eigenvalue weighted by molar-refractivity contribution is 6.08. The number of fused-ring (bicyclic) bond motifs is 1. The molecule has 1 aromatic heterocycles. The van der Waals surface area contributed by atoms with Gasteiger partial charge in [-0.1, -0.05) is 31.0 Å². The number of halogens is 3. The van der Waals surface area contributed by atoms with Crippen molar-refractivity contribution < 1.29 is 32.3 Å². The molecule has 3 aliphatic rings. The molecule has 0 radical (unpaired) electrons. The van der Waals surface area contributed by atoms with Crippen LogP contribution in [0.2, 0.25) is 0 Å². The molecule has 2 saturated heterocycles. The number of nitrogens with one attached hydrogen (secondary N) is 2. The molecule has 3 heterocycles. The summed E-state index contributed by atoms with van der Waals surface area (Å²) in [5.41, 5.74) is 3.07. The van der Waals surface area contributed by atoms with Crippen LogP contribution in [-0.2, 0) is 17.5 Å². The van der Waals surface area contributed by atoms with Gasteiger partial charge in [-0.25, -0.2) is 0 Å². The number of aromatic nitrogens is 1. The third kappa shape index (κ3) is 9.82. The van der Waals surface area contributed by atoms with Gasteiger partial charge in [0.05, 0.1) is 30.2 Å². The SMILES string of the molecule is CN(CCN1CCOCC1)C(=O)c1cccc(C(=O)Nc2ccc(N3CCCC4CCCCC43)cc2-c2cc(C(=O)NCc3cccc(C(F)(F)F)c3)ccn2)c1. The molecule has 0 bridgehead atoms. The number of alkyl halides is 3. The maximum absolute atomic E-state index is 13.9. The lowest BCUT2D eigenvalue weighted by Gasteiger charge is -2.45. The Morgan fingerprint density at radius 2 is 1.60 bits per heavy atom. The van der Waals surface area contributed by atoms with Crippen LogP contribution in [0.5, 0.6) is 0 Å². The molecule has 3 fully saturated rings. The zero-order valence-electron chi connectivity index (χ0n) is 32.2. The van der Waals surface area contributed by atoms with Crippen LogP contribution in [0.15, 0.2) is 85.1 Å². The first-order valence-electron chi connectivity index (χ1n) is 19.8. The average molecular weight is 783 g/mol. The van der Waals surface area contributed by atoms with Crippen LogP contribution in [-0.4, -0.2) is 91.5 Å². The van der Waals surface area contributed by atoms with Crippen molar-refractivity contribution in [3.05, 3.63) is 113 Å². The van der Waals surface area contributed by atoms with Gasteiger partial charge in [-0.05, 0) is 97.8 Å². The molecule has 1 aliphatic carbocycles. The normalized spacial score (nSPS) is 18.7. The molecule has 2 N–H and O–H groups in total. The molecule has 300 valence electrons. The average Bonchev–Trinajstić information content (AvgIpc) is 3.24. The molecule has 2 atom stereocenters. The van der Waals surface area contributed by atoms with Gasteiger partial charge in [-0.2, -0.15) is 13.2 Å². The first kappa shape index (κ1) is 39.9. The Hall–Kier alpha value is -5.27. The van der Waals surface area contributed by atoms with Gasteiger partial charge in [-0.3, -0.25) is 24.3 Å². The highest BCUT2D eigenvalue weighted by Gasteiger charge is 2.34. The summed E-state index contributed by atoms with van der Waals surface area (Å²) in [5, 5.41) is 5.79. The third-order valence-corrected chi connectivity index (χ3v) is 11.4. The topological polar surface area (TPSA) is 107 Å². The second-order valence-electron chi connectivity index (χ2n) is 15.2. The summed E-state index contributed by atoms with van der Waals surface area (Å²) < 4.78 is 45.3. The molecule has 3 aromatic carbocycles. The molecule has 57 heavy (non-hydrogen) atoms. The van der Waals surface area contributed by atoms with Crippen molar-refractivity contribution in [1.29, 1.82) is 0 Å². The number of carbonyl (C=O) groups excluding carboxylic acids is 3. The van der Waals surface area contributed by atoms with Gasteiger partial charge in [0.2, 0.25) is 0 Å². The highest BCUT2D eigenvalue weighted by atomic mass is 19.4. The summed E-state index contributed by atoms with van der Waals surface area (Å²) in [7, 11) is 1.76. The third-order valence-electron chi connectivity index (χ3n) is 11.4. The molecule has 3 amide bonds. The summed E-state index contributed by atoms with van der Waals surface area (Å²) >= 11 is 0. The Bertz CT molecular complexity index is 2070. The number of piperidine rings is 1. The summed E-state index contributed by atoms with van der Waals surface area (Å²) in [5.74, 6) is -0.436. The van der Waals surface area contributed by atoms with Crippen molar-refractivity contribution in [2.75, 3.05) is 63.2 Å². The fourth-order valence-corrected chi connectivity index (χ4v) is 8.26. The van der Waals surface area contributed by atoms with E-state index >= 15 is 0 Å². The van der Waals surface area contributed by atoms with Crippen LogP contribution < -0.4 is 15.5 Å². The maximum Gasteiger partial charge on any atom is 0.416 e. The number of carbonyl (C=O) groups is 3. The largest absolute Gasteiger partial charge is 0.416 e. The van der Waals surface area contributed by atoms with E-state index in [1.807, 2.05) is 18.2 Å². The number of likely N-dealkylation sites (N-methyl/N-ethyl adjacent to an activating group) is 1. The van der Waals surface area contributed by atoms with Crippen molar-refractivity contribution in [3.63, 3.8) is 0 Å². The van der Waals surface area contributed by atoms with E-state index in [0.717, 1.165) is 56.8 Å². The lowest BCUT2D eigenvalue weighted by molar-refractivity contribution is -0.137. The van der Waals surface area contributed by atoms with Crippen molar-refractivity contribution in [2.45, 2.75) is 57.3 Å². The molecule has 7 rings (SSSR count). The van der Waals surface area contributed by atoms with E-state index in [9.17, 15) is 27.6 Å². The lowest BCUT2D eigenvalue weighted by atomic mass is 9.78. The minimum atomic E-state index is -4.49. The Balaban J connectivity index is 1.13. The van der Waals surface area contributed by atoms with E-state index in [-0.39, 0.29) is 18.0 Å². The first-order chi connectivity index (χ1) is 27.5. The minimum Gasteiger partial charge on any atom is -0.379 e. The zero-order valence-corrected chi connectivity index (χ0v) is 32.2. The van der Waals surface area contributed by atoms with Crippen LogP contribution in [0.1, 0.15) is 80.7 Å². The Morgan fingerprint density at radius 1 is 0.842 bits per heavy atom. The van der Waals surface area contributed by atoms with E-state index in [0.29, 0.717) is 65.4 Å². The fraction of sp³-hybridized carbons (Fsp3) is 0.409. The molecule has 13 heteroatoms. The number of benzene rings is 3. The van der Waals surface area contributed by atoms with E-state index in [1.165, 1.54) is 44.0 Å². The molecule has 4 aromatic rings. The van der Waals surface area contributed by atoms with Gasteiger partial charge in [0.1, 0.15) is 0 Å². The van der Waals surface area contributed by atoms with Crippen molar-refractivity contribution in [3.8, 4) is 11.3 Å². The lowest BCUT2D eigenvalue weighted by Crippen LogP contribution is -2.46. The van der Waals surface area contributed by atoms with Crippen LogP contribution in [0.3, 0.4) is 0 Å². The number of morpholine rings is 1. The van der Waals surface area contributed by atoms with Gasteiger partial charge in [0.25, 0.3) is 17.7 Å². The molecule has 1 saturated carbocycles. The first-order valence-corrected chi connectivity index (χ1v) is 19.8. The monoisotopic (exact) mass is 782 g/mol. The van der Waals surface area contributed by atoms with Gasteiger partial charge < -0.3 is 25.2 Å². The van der Waals surface area contributed by atoms with E-state index in [4.69, 9.17) is 4.74 Å². The predicted octanol–water partition coefficient (Wildman–Crippen LogP) is 7.51. The van der Waals surface area contributed by atoms with Crippen LogP contribution in [0, 0.1) is 5.92 Å². The standard InChI is InChI=1S/C44H49F3N6O4/c1-51(19-20-52-21-23-57-24-22-52)43(56)34-10-5-9-32(26-34)42(55)50-38-15-14-36(53-18-6-11-31-8-2-3-13-40(31)53)28-37(38)39-27-33(16-17-48-39)41(54)49-29-30-7-4-12-35(25-30)44(45,46)47/h4-5,7,9-10,12,14-17,25-28,31,40H,2-3,6,8,11,13,18-24,29H2,1H3,(H,49,54)(H,50,55). The van der Waals surface area contributed by atoms with Gasteiger partial charge >= 0.3 is 6.18 Å². The molecular formula is C44H49F3N6O4. The number of nitrogens with zero attached hydrogens (tertiary/aromatic N) is 4. The Morgan fingerprint density at radius 3 is 2.42 bits per heavy atom. The van der Waals surface area contributed by atoms with Crippen LogP contribution in [0.25, 0.3) is 11.3 Å². The van der Waals surface area contributed by atoms with Gasteiger partial charge in [0.15, 0.2) is 0 Å². The number of pyridine rings is 1. The number of hydrogen-bond donors (Lipinski definition) is 2. The van der Waals surface area contributed by atoms with Crippen LogP contribution in [0.4, 0.5) is 24.5 Å². The minimum absolute atomic E-state index is 0.0973. The number of ether oxygens (including phenoxy) is 1. The molecule has 2 unspecified atom stereocenters. The Kier molecular flexibility index (Phi) is 12.5. The maximum atomic E-state index is 13.9. The van der Waals surface area contributed by atoms with Crippen molar-refractivity contribution in [1.82, 2.24) is 20.1 Å². The highest BCUT2D eigenvalue weighted by Crippen LogP contribution is 2.40. The molecular weight excluding hydrogens is 734 g/mol. The number of rotatable bonds is 11. The van der Waals surface area contributed by atoms with E-state index in [1.54, 1.807) is 48.3 Å². The fourth-order valence-electron chi connectivity index (χ4n) is 8.26. The summed E-state index contributed by atoms with van der Waals surface area (Å²) in [4.78, 5) is 51.7.